The van der Waals surface area contributed by atoms with Gasteiger partial charge in [-0.2, -0.15) is 15.5 Å². The Morgan fingerprint density at radius 2 is 1.86 bits per heavy atom. The highest BCUT2D eigenvalue weighted by molar-refractivity contribution is 7.99. The summed E-state index contributed by atoms with van der Waals surface area (Å²) < 4.78 is 5.84. The topological polar surface area (TPSA) is 138 Å². The number of aromatic nitrogens is 2. The molecule has 10 nitrogen and oxygen atoms in total. The van der Waals surface area contributed by atoms with Gasteiger partial charge in [-0.1, -0.05) is 62.7 Å². The second-order valence-electron chi connectivity index (χ2n) is 6.75. The summed E-state index contributed by atoms with van der Waals surface area (Å²) in [6.45, 7) is 9.45. The smallest absolute Gasteiger partial charge is 0.414 e. The molecule has 0 aliphatic heterocycles. The quantitative estimate of drug-likeness (QED) is 0.371. The molecule has 35 heavy (non-hydrogen) atoms. The zero-order chi connectivity index (χ0) is 26.7. The molecule has 0 radical (unpaired) electrons. The summed E-state index contributed by atoms with van der Waals surface area (Å²) in [6.07, 6.45) is -0.995. The van der Waals surface area contributed by atoms with Gasteiger partial charge >= 0.3 is 6.09 Å². The number of halogens is 2. The van der Waals surface area contributed by atoms with Gasteiger partial charge in [0, 0.05) is 12.6 Å². The van der Waals surface area contributed by atoms with Crippen molar-refractivity contribution in [2.24, 2.45) is 12.1 Å². The Bertz CT molecular complexity index is 1180. The number of hydrogen-bond acceptors (Lipinski definition) is 9. The fraction of sp³-hybridized carbons (Fsp3) is 0.364. The van der Waals surface area contributed by atoms with Crippen LogP contribution in [0.3, 0.4) is 0 Å². The largest absolute Gasteiger partial charge is 0.450 e. The number of hydrazone groups is 1. The number of benzene rings is 1. The minimum atomic E-state index is -1.03. The molecule has 1 heterocycles. The summed E-state index contributed by atoms with van der Waals surface area (Å²) >= 11 is 13.9. The Morgan fingerprint density at radius 3 is 2.37 bits per heavy atom. The van der Waals surface area contributed by atoms with Crippen LogP contribution in [0.4, 0.5) is 10.5 Å². The minimum absolute atomic E-state index is 0.0109. The average Bonchev–Trinajstić information content (AvgIpc) is 2.80. The summed E-state index contributed by atoms with van der Waals surface area (Å²) in [7, 11) is 1.57. The molecule has 13 heteroatoms. The minimum Gasteiger partial charge on any atom is -0.450 e. The van der Waals surface area contributed by atoms with E-state index in [1.54, 1.807) is 26.1 Å². The van der Waals surface area contributed by atoms with Crippen LogP contribution in [0.25, 0.3) is 0 Å². The van der Waals surface area contributed by atoms with Gasteiger partial charge in [0.15, 0.2) is 0 Å². The number of hydrogen-bond donors (Lipinski definition) is 2. The number of nitrogens with zero attached hydrogens (tertiary/aromatic N) is 4. The molecular formula is C22H26Cl2N6O4S. The molecule has 0 spiro atoms. The van der Waals surface area contributed by atoms with Crippen LogP contribution in [0.1, 0.15) is 46.1 Å². The number of nitrogens with one attached hydrogen (secondary N) is 2. The van der Waals surface area contributed by atoms with Crippen molar-refractivity contribution in [1.29, 1.82) is 5.26 Å². The number of alkyl carbamates (subject to hydrolysis) is 1. The Hall–Kier alpha value is -3.07. The van der Waals surface area contributed by atoms with Crippen molar-refractivity contribution in [3.8, 4) is 6.07 Å². The summed E-state index contributed by atoms with van der Waals surface area (Å²) in [5.74, 6) is -1.02. The molecule has 1 aromatic carbocycles. The lowest BCUT2D eigenvalue weighted by molar-refractivity contribution is -0.114. The first-order valence-electron chi connectivity index (χ1n) is 10.5. The van der Waals surface area contributed by atoms with E-state index >= 15 is 0 Å². The summed E-state index contributed by atoms with van der Waals surface area (Å²) in [5.41, 5.74) is 2.63. The third kappa shape index (κ3) is 8.58. The predicted octanol–water partition coefficient (Wildman–Crippen LogP) is 4.95. The number of carbonyl (C=O) groups excluding carboxylic acids is 2. The molecule has 2 rings (SSSR count). The molecule has 0 aliphatic carbocycles. The first-order valence-corrected chi connectivity index (χ1v) is 12.1. The first kappa shape index (κ1) is 30.0. The van der Waals surface area contributed by atoms with Crippen LogP contribution < -0.4 is 16.3 Å². The predicted molar refractivity (Wildman–Crippen MR) is 137 cm³/mol. The van der Waals surface area contributed by atoms with Gasteiger partial charge < -0.3 is 4.74 Å². The van der Waals surface area contributed by atoms with E-state index in [-0.39, 0.29) is 28.1 Å². The lowest BCUT2D eigenvalue weighted by atomic mass is 10.1. The highest BCUT2D eigenvalue weighted by Crippen LogP contribution is 2.40. The van der Waals surface area contributed by atoms with E-state index in [1.165, 1.54) is 28.6 Å². The zero-order valence-electron chi connectivity index (χ0n) is 20.1. The molecule has 188 valence electrons. The van der Waals surface area contributed by atoms with Gasteiger partial charge in [-0.3, -0.25) is 20.3 Å². The van der Waals surface area contributed by atoms with Crippen molar-refractivity contribution in [2.75, 3.05) is 12.0 Å². The van der Waals surface area contributed by atoms with E-state index in [4.69, 9.17) is 28.5 Å². The number of amides is 2. The van der Waals surface area contributed by atoms with E-state index in [0.717, 1.165) is 0 Å². The van der Waals surface area contributed by atoms with Gasteiger partial charge in [-0.05, 0) is 31.0 Å². The van der Waals surface area contributed by atoms with E-state index in [1.807, 2.05) is 33.0 Å². The number of carbonyl (C=O) groups is 2. The lowest BCUT2D eigenvalue weighted by Gasteiger charge is -2.12. The van der Waals surface area contributed by atoms with Crippen LogP contribution >= 0.6 is 35.0 Å². The number of ether oxygens (including phenoxy) is 1. The number of rotatable bonds is 7. The second kappa shape index (κ2) is 14.4. The van der Waals surface area contributed by atoms with Crippen LogP contribution in [-0.4, -0.2) is 34.1 Å². The SMILES string of the molecule is CC.CCOC(=O)NC(=O)/C(C#N)=N\Nc1cc(Cl)c(Sc2cc(C(C)C)c(=O)n(C)n2)c(Cl)c1. The van der Waals surface area contributed by atoms with Crippen molar-refractivity contribution in [3.63, 3.8) is 0 Å². The third-order valence-electron chi connectivity index (χ3n) is 4.00. The molecule has 0 atom stereocenters. The molecule has 1 aromatic heterocycles. The standard InChI is InChI=1S/C20H20Cl2N6O4S.C2H6/c1-5-32-20(31)24-18(29)15(9-23)26-25-11-6-13(21)17(14(22)7-11)33-16-8-12(10(2)3)19(30)28(4)27-16;1-2/h6-8,10,25H,5H2,1-4H3,(H,24,29,31);1-2H3/b26-15-;. The van der Waals surface area contributed by atoms with Gasteiger partial charge in [-0.25, -0.2) is 9.48 Å². The molecule has 0 unspecified atom stereocenters. The molecule has 0 saturated heterocycles. The number of imide groups is 1. The van der Waals surface area contributed by atoms with Crippen molar-refractivity contribution < 1.29 is 14.3 Å². The Kier molecular flexibility index (Phi) is 12.3. The average molecular weight is 541 g/mol. The Balaban J connectivity index is 0.00000298. The van der Waals surface area contributed by atoms with E-state index in [9.17, 15) is 14.4 Å². The van der Waals surface area contributed by atoms with Crippen molar-refractivity contribution in [2.45, 2.75) is 50.5 Å². The van der Waals surface area contributed by atoms with E-state index < -0.39 is 17.7 Å². The van der Waals surface area contributed by atoms with Crippen molar-refractivity contribution in [3.05, 3.63) is 44.2 Å². The monoisotopic (exact) mass is 540 g/mol. The van der Waals surface area contributed by atoms with E-state index in [0.29, 0.717) is 21.2 Å². The molecule has 0 fully saturated rings. The van der Waals surface area contributed by atoms with Crippen LogP contribution in [0, 0.1) is 11.3 Å². The molecule has 0 saturated carbocycles. The zero-order valence-corrected chi connectivity index (χ0v) is 22.4. The number of anilines is 1. The molecule has 2 amide bonds. The maximum atomic E-state index is 12.2. The van der Waals surface area contributed by atoms with Gasteiger partial charge in [0.25, 0.3) is 11.5 Å². The lowest BCUT2D eigenvalue weighted by Crippen LogP contribution is -2.36. The first-order chi connectivity index (χ1) is 16.6. The molecule has 0 bridgehead atoms. The number of nitriles is 1. The van der Waals surface area contributed by atoms with Crippen molar-refractivity contribution in [1.82, 2.24) is 15.1 Å². The maximum absolute atomic E-state index is 12.2. The normalized spacial score (nSPS) is 10.7. The van der Waals surface area contributed by atoms with Crippen LogP contribution in [0.5, 0.6) is 0 Å². The summed E-state index contributed by atoms with van der Waals surface area (Å²) in [4.78, 5) is 36.0. The maximum Gasteiger partial charge on any atom is 0.414 e. The van der Waals surface area contributed by atoms with Gasteiger partial charge in [0.2, 0.25) is 5.71 Å². The van der Waals surface area contributed by atoms with Gasteiger partial charge in [-0.15, -0.1) is 0 Å². The fourth-order valence-corrected chi connectivity index (χ4v) is 4.05. The summed E-state index contributed by atoms with van der Waals surface area (Å²) in [5, 5.41) is 19.9. The molecule has 2 aromatic rings. The van der Waals surface area contributed by atoms with Gasteiger partial charge in [0.1, 0.15) is 11.1 Å². The van der Waals surface area contributed by atoms with Gasteiger partial charge in [0.05, 0.1) is 27.2 Å². The van der Waals surface area contributed by atoms with Crippen molar-refractivity contribution >= 4 is 58.4 Å². The van der Waals surface area contributed by atoms with E-state index in [2.05, 4.69) is 20.4 Å². The highest BCUT2D eigenvalue weighted by Gasteiger charge is 2.17. The summed E-state index contributed by atoms with van der Waals surface area (Å²) in [6, 6.07) is 6.25. The Labute approximate surface area is 217 Å². The van der Waals surface area contributed by atoms with Crippen LogP contribution in [0.2, 0.25) is 10.0 Å². The molecule has 0 aliphatic rings. The Morgan fingerprint density at radius 1 is 1.26 bits per heavy atom. The van der Waals surface area contributed by atoms with Crippen LogP contribution in [-0.2, 0) is 16.6 Å². The number of aryl methyl sites for hydroxylation is 1. The second-order valence-corrected chi connectivity index (χ2v) is 8.60. The molecule has 2 N–H and O–H groups in total. The molecular weight excluding hydrogens is 515 g/mol. The third-order valence-corrected chi connectivity index (χ3v) is 5.88. The fourth-order valence-electron chi connectivity index (χ4n) is 2.46. The van der Waals surface area contributed by atoms with Crippen LogP contribution in [0.15, 0.2) is 38.0 Å². The highest BCUT2D eigenvalue weighted by atomic mass is 35.5.